The van der Waals surface area contributed by atoms with Crippen molar-refractivity contribution in [1.82, 2.24) is 0 Å². The number of halogens is 2. The van der Waals surface area contributed by atoms with E-state index < -0.39 is 11.2 Å². The van der Waals surface area contributed by atoms with Gasteiger partial charge in [-0.15, -0.1) is 0 Å². The fourth-order valence-corrected chi connectivity index (χ4v) is 6.39. The molecular weight excluding hydrogens is 787 g/mol. The van der Waals surface area contributed by atoms with Gasteiger partial charge < -0.3 is 62.4 Å². The van der Waals surface area contributed by atoms with Crippen LogP contribution in [0.15, 0.2) is 107 Å². The van der Waals surface area contributed by atoms with E-state index in [1.807, 2.05) is 97.1 Å². The molecule has 4 aromatic carbocycles. The minimum Gasteiger partial charge on any atom is -1.00 e. The summed E-state index contributed by atoms with van der Waals surface area (Å²) in [5.41, 5.74) is 2.14. The Hall–Kier alpha value is -3.53. The van der Waals surface area contributed by atoms with Gasteiger partial charge in [-0.2, -0.15) is 0 Å². The topological polar surface area (TPSA) is 80.1 Å². The van der Waals surface area contributed by atoms with Crippen LogP contribution in [0.5, 0.6) is 23.0 Å². The van der Waals surface area contributed by atoms with E-state index in [2.05, 4.69) is 13.8 Å². The van der Waals surface area contributed by atoms with Crippen molar-refractivity contribution >= 4 is 11.8 Å². The summed E-state index contributed by atoms with van der Waals surface area (Å²) in [6, 6.07) is 31.3. The van der Waals surface area contributed by atoms with Gasteiger partial charge in [-0.25, -0.2) is 9.98 Å². The van der Waals surface area contributed by atoms with Crippen molar-refractivity contribution in [2.24, 2.45) is 9.98 Å². The second-order valence-electron chi connectivity index (χ2n) is 11.2. The first-order valence-corrected chi connectivity index (χ1v) is 15.0. The molecule has 0 bridgehead atoms. The number of methoxy groups -OCH3 is 4. The maximum Gasteiger partial charge on any atom is 2.00 e. The first-order valence-electron chi connectivity index (χ1n) is 15.0. The maximum atomic E-state index is 6.89. The molecule has 0 radical (unpaired) electrons. The van der Waals surface area contributed by atoms with E-state index in [1.54, 1.807) is 28.4 Å². The van der Waals surface area contributed by atoms with Gasteiger partial charge in [0.2, 0.25) is 0 Å². The molecular formula is C37H38Br2N2NiO6. The first-order chi connectivity index (χ1) is 21.9. The Morgan fingerprint density at radius 1 is 0.479 bits per heavy atom. The van der Waals surface area contributed by atoms with Crippen molar-refractivity contribution in [1.29, 1.82) is 0 Å². The summed E-state index contributed by atoms with van der Waals surface area (Å²) in [6.07, 6.45) is 0.302. The normalized spacial score (nSPS) is 18.3. The Balaban J connectivity index is 0.00000208. The zero-order valence-electron chi connectivity index (χ0n) is 27.5. The molecule has 256 valence electrons. The van der Waals surface area contributed by atoms with Crippen LogP contribution in [0.1, 0.15) is 42.5 Å². The van der Waals surface area contributed by atoms with E-state index in [4.69, 9.17) is 38.4 Å². The van der Waals surface area contributed by atoms with Crippen molar-refractivity contribution in [3.8, 4) is 23.0 Å². The predicted molar refractivity (Wildman–Crippen MR) is 174 cm³/mol. The largest absolute Gasteiger partial charge is 2.00 e. The molecule has 2 aliphatic heterocycles. The van der Waals surface area contributed by atoms with Gasteiger partial charge in [0.25, 0.3) is 0 Å². The molecule has 6 rings (SSSR count). The third kappa shape index (κ3) is 6.96. The van der Waals surface area contributed by atoms with Gasteiger partial charge >= 0.3 is 16.5 Å². The number of rotatable bonds is 10. The van der Waals surface area contributed by atoms with Crippen molar-refractivity contribution < 1.29 is 78.9 Å². The molecule has 0 fully saturated rings. The van der Waals surface area contributed by atoms with E-state index in [0.717, 1.165) is 45.3 Å². The van der Waals surface area contributed by atoms with Crippen molar-refractivity contribution in [3.05, 3.63) is 119 Å². The Kier molecular flexibility index (Phi) is 13.2. The molecule has 0 amide bonds. The SMILES string of the molecule is COc1ccc(C2(c3ccc(OC)cc3)OC(CC3=N[C@H](C)C(c4ccc(OC)cc4)(c4ccc(OC)cc4)O3)=N[C@@H]2C)cc1.[Br-].[Br-].[Ni+2]. The van der Waals surface area contributed by atoms with Crippen LogP contribution in [0, 0.1) is 0 Å². The molecule has 2 atom stereocenters. The summed E-state index contributed by atoms with van der Waals surface area (Å²) < 4.78 is 35.5. The number of nitrogens with zero attached hydrogens (tertiary/aromatic N) is 2. The minimum atomic E-state index is -0.859. The van der Waals surface area contributed by atoms with Crippen molar-refractivity contribution in [3.63, 3.8) is 0 Å². The first kappa shape index (κ1) is 38.9. The molecule has 11 heteroatoms. The Morgan fingerprint density at radius 2 is 0.708 bits per heavy atom. The number of benzene rings is 4. The third-order valence-electron chi connectivity index (χ3n) is 8.79. The van der Waals surface area contributed by atoms with E-state index in [9.17, 15) is 0 Å². The summed E-state index contributed by atoms with van der Waals surface area (Å²) in [4.78, 5) is 10.1. The van der Waals surface area contributed by atoms with Crippen LogP contribution >= 0.6 is 0 Å². The molecule has 0 aliphatic carbocycles. The van der Waals surface area contributed by atoms with Crippen LogP contribution in [0.2, 0.25) is 0 Å². The Labute approximate surface area is 313 Å². The second kappa shape index (κ2) is 16.2. The predicted octanol–water partition coefficient (Wildman–Crippen LogP) is 0.938. The zero-order valence-corrected chi connectivity index (χ0v) is 31.7. The number of aliphatic imine (C=N–C) groups is 2. The molecule has 0 aromatic heterocycles. The van der Waals surface area contributed by atoms with Crippen LogP contribution < -0.4 is 52.9 Å². The minimum absolute atomic E-state index is 0. The third-order valence-corrected chi connectivity index (χ3v) is 8.79. The molecule has 0 unspecified atom stereocenters. The van der Waals surface area contributed by atoms with E-state index in [-0.39, 0.29) is 62.5 Å². The molecule has 48 heavy (non-hydrogen) atoms. The van der Waals surface area contributed by atoms with Crippen molar-refractivity contribution in [2.45, 2.75) is 43.6 Å². The number of ether oxygens (including phenoxy) is 6. The number of hydrogen-bond acceptors (Lipinski definition) is 8. The molecule has 0 saturated carbocycles. The van der Waals surface area contributed by atoms with Gasteiger partial charge in [-0.1, -0.05) is 48.5 Å². The van der Waals surface area contributed by atoms with Crippen molar-refractivity contribution in [2.75, 3.05) is 28.4 Å². The van der Waals surface area contributed by atoms with Gasteiger partial charge in [0.05, 0.1) is 46.9 Å². The Bertz CT molecular complexity index is 1480. The number of hydrogen-bond donors (Lipinski definition) is 0. The molecule has 0 spiro atoms. The van der Waals surface area contributed by atoms with Crippen LogP contribution in [-0.4, -0.2) is 52.3 Å². The molecule has 4 aromatic rings. The summed E-state index contributed by atoms with van der Waals surface area (Å²) >= 11 is 0. The standard InChI is InChI=1S/C37H38N2O6.2BrH.Ni/c1-24-36(26-7-15-30(40-3)16-8-26,27-9-17-31(41-4)18-10-27)44-34(38-24)23-35-39-25(2)37(45-35,28-11-19-32(42-5)20-12-28)29-13-21-33(43-6)22-14-29;;;/h7-22,24-25H,23H2,1-6H3;2*1H;/q;;;+2/p-2/t24-,25-;;;/m1.../s1. The molecule has 2 aliphatic rings. The average molecular weight is 825 g/mol. The molecule has 8 nitrogen and oxygen atoms in total. The summed E-state index contributed by atoms with van der Waals surface area (Å²) in [5.74, 6) is 4.19. The van der Waals surface area contributed by atoms with Gasteiger partial charge in [0, 0.05) is 22.3 Å². The average Bonchev–Trinajstić information content (AvgIpc) is 3.60. The van der Waals surface area contributed by atoms with Gasteiger partial charge in [-0.3, -0.25) is 0 Å². The molecule has 2 heterocycles. The van der Waals surface area contributed by atoms with E-state index in [0.29, 0.717) is 18.2 Å². The van der Waals surface area contributed by atoms with Crippen LogP contribution in [0.3, 0.4) is 0 Å². The Morgan fingerprint density at radius 3 is 0.917 bits per heavy atom. The van der Waals surface area contributed by atoms with E-state index >= 15 is 0 Å². The quantitative estimate of drug-likeness (QED) is 0.222. The van der Waals surface area contributed by atoms with Crippen LogP contribution in [0.4, 0.5) is 0 Å². The monoisotopic (exact) mass is 822 g/mol. The van der Waals surface area contributed by atoms with Gasteiger partial charge in [0.1, 0.15) is 23.0 Å². The summed E-state index contributed by atoms with van der Waals surface area (Å²) in [5, 5.41) is 0. The molecule has 0 N–H and O–H groups in total. The van der Waals surface area contributed by atoms with Crippen LogP contribution in [0.25, 0.3) is 0 Å². The fraction of sp³-hybridized carbons (Fsp3) is 0.297. The smallest absolute Gasteiger partial charge is 1.00 e. The summed E-state index contributed by atoms with van der Waals surface area (Å²) in [6.45, 7) is 4.14. The van der Waals surface area contributed by atoms with Gasteiger partial charge in [-0.05, 0) is 62.4 Å². The maximum absolute atomic E-state index is 6.89. The molecule has 0 saturated heterocycles. The zero-order chi connectivity index (χ0) is 31.6. The summed E-state index contributed by atoms with van der Waals surface area (Å²) in [7, 11) is 6.63. The van der Waals surface area contributed by atoms with Gasteiger partial charge in [0.15, 0.2) is 23.0 Å². The van der Waals surface area contributed by atoms with Crippen LogP contribution in [-0.2, 0) is 37.2 Å². The second-order valence-corrected chi connectivity index (χ2v) is 11.2. The fourth-order valence-electron chi connectivity index (χ4n) is 6.39. The van der Waals surface area contributed by atoms with E-state index in [1.165, 1.54) is 0 Å².